The monoisotopic (exact) mass is 311 g/mol. The van der Waals surface area contributed by atoms with Gasteiger partial charge in [-0.1, -0.05) is 12.1 Å². The van der Waals surface area contributed by atoms with Gasteiger partial charge in [0, 0.05) is 11.8 Å². The highest BCUT2D eigenvalue weighted by molar-refractivity contribution is 5.81. The summed E-state index contributed by atoms with van der Waals surface area (Å²) in [5.74, 6) is -0.729. The Labute approximate surface area is 120 Å². The summed E-state index contributed by atoms with van der Waals surface area (Å²) in [5.41, 5.74) is -1.11. The molecule has 0 radical (unpaired) electrons. The minimum atomic E-state index is -4.58. The molecule has 4 rings (SSSR count). The highest BCUT2D eigenvalue weighted by Crippen LogP contribution is 2.43. The molecule has 0 aliphatic carbocycles. The van der Waals surface area contributed by atoms with Crippen molar-refractivity contribution in [1.29, 1.82) is 0 Å². The van der Waals surface area contributed by atoms with Crippen molar-refractivity contribution in [1.82, 2.24) is 14.5 Å². The molecule has 22 heavy (non-hydrogen) atoms. The largest absolute Gasteiger partial charge is 0.417 e. The first-order chi connectivity index (χ1) is 10.4. The fraction of sp³-hybridized carbons (Fsp3) is 0.143. The molecule has 1 atom stereocenters. The lowest BCUT2D eigenvalue weighted by molar-refractivity contribution is -0.137. The lowest BCUT2D eigenvalue weighted by Gasteiger charge is -2.07. The summed E-state index contributed by atoms with van der Waals surface area (Å²) in [6.07, 6.45) is -5.69. The first-order valence-corrected chi connectivity index (χ1v) is 6.26. The third-order valence-electron chi connectivity index (χ3n) is 3.61. The molecule has 8 heteroatoms. The van der Waals surface area contributed by atoms with E-state index in [0.29, 0.717) is 6.20 Å². The molecule has 1 aromatic carbocycles. The molecule has 0 amide bonds. The summed E-state index contributed by atoms with van der Waals surface area (Å²) in [5, 5.41) is 0. The van der Waals surface area contributed by atoms with Crippen molar-refractivity contribution in [2.24, 2.45) is 0 Å². The van der Waals surface area contributed by atoms with Gasteiger partial charge in [0.2, 0.25) is 6.30 Å². The van der Waals surface area contributed by atoms with Gasteiger partial charge in [0.15, 0.2) is 5.65 Å². The fourth-order valence-corrected chi connectivity index (χ4v) is 2.64. The molecule has 0 N–H and O–H groups in total. The van der Waals surface area contributed by atoms with Gasteiger partial charge in [-0.25, -0.2) is 18.7 Å². The smallest absolute Gasteiger partial charge is 0.273 e. The molecule has 1 unspecified atom stereocenters. The lowest BCUT2D eigenvalue weighted by Crippen LogP contribution is -2.06. The number of hydrogen-bond acceptors (Lipinski definition) is 2. The Kier molecular flexibility index (Phi) is 2.41. The zero-order valence-electron chi connectivity index (χ0n) is 10.7. The summed E-state index contributed by atoms with van der Waals surface area (Å²) in [7, 11) is 0. The molecule has 0 bridgehead atoms. The Hall–Kier alpha value is -2.51. The number of halogens is 5. The third kappa shape index (κ3) is 1.60. The summed E-state index contributed by atoms with van der Waals surface area (Å²) < 4.78 is 67.5. The zero-order chi connectivity index (χ0) is 15.6. The van der Waals surface area contributed by atoms with E-state index in [1.54, 1.807) is 0 Å². The van der Waals surface area contributed by atoms with Crippen molar-refractivity contribution in [3.63, 3.8) is 0 Å². The van der Waals surface area contributed by atoms with E-state index in [4.69, 9.17) is 0 Å². The van der Waals surface area contributed by atoms with Gasteiger partial charge in [-0.2, -0.15) is 13.2 Å². The van der Waals surface area contributed by atoms with Crippen LogP contribution in [0.1, 0.15) is 17.4 Å². The second-order valence-electron chi connectivity index (χ2n) is 4.91. The van der Waals surface area contributed by atoms with Crippen molar-refractivity contribution < 1.29 is 22.0 Å². The number of alkyl halides is 4. The maximum atomic E-state index is 14.5. The quantitative estimate of drug-likeness (QED) is 0.586. The van der Waals surface area contributed by atoms with E-state index in [1.165, 1.54) is 12.1 Å². The maximum absolute atomic E-state index is 14.5. The highest BCUT2D eigenvalue weighted by atomic mass is 19.4. The normalized spacial score (nSPS) is 16.9. The van der Waals surface area contributed by atoms with E-state index in [9.17, 15) is 22.0 Å². The Bertz CT molecular complexity index is 913. The molecule has 3 aromatic rings. The van der Waals surface area contributed by atoms with Gasteiger partial charge in [0.1, 0.15) is 17.2 Å². The van der Waals surface area contributed by atoms with Crippen LogP contribution in [-0.4, -0.2) is 14.5 Å². The highest BCUT2D eigenvalue weighted by Gasteiger charge is 2.36. The van der Waals surface area contributed by atoms with Crippen LogP contribution < -0.4 is 0 Å². The van der Waals surface area contributed by atoms with Crippen LogP contribution in [0.15, 0.2) is 30.5 Å². The fourth-order valence-electron chi connectivity index (χ4n) is 2.64. The number of rotatable bonds is 0. The SMILES string of the molecule is Fc1cccc2c1-c1nc3cc(C(F)(F)F)cnc3n1C2F. The Morgan fingerprint density at radius 2 is 1.95 bits per heavy atom. The van der Waals surface area contributed by atoms with Crippen molar-refractivity contribution in [3.05, 3.63) is 47.4 Å². The molecule has 0 saturated heterocycles. The maximum Gasteiger partial charge on any atom is 0.417 e. The predicted molar refractivity (Wildman–Crippen MR) is 67.2 cm³/mol. The lowest BCUT2D eigenvalue weighted by atomic mass is 10.1. The van der Waals surface area contributed by atoms with Gasteiger partial charge < -0.3 is 0 Å². The number of hydrogen-bond donors (Lipinski definition) is 0. The average Bonchev–Trinajstić information content (AvgIpc) is 2.94. The first-order valence-electron chi connectivity index (χ1n) is 6.26. The van der Waals surface area contributed by atoms with Gasteiger partial charge in [-0.05, 0) is 12.1 Å². The number of imidazole rings is 1. The van der Waals surface area contributed by atoms with Gasteiger partial charge in [-0.15, -0.1) is 0 Å². The van der Waals surface area contributed by atoms with Crippen LogP contribution in [-0.2, 0) is 6.18 Å². The van der Waals surface area contributed by atoms with Crippen LogP contribution in [0.2, 0.25) is 0 Å². The summed E-state index contributed by atoms with van der Waals surface area (Å²) in [4.78, 5) is 7.60. The molecule has 0 saturated carbocycles. The number of benzene rings is 1. The molecular weight excluding hydrogens is 305 g/mol. The van der Waals surface area contributed by atoms with Crippen molar-refractivity contribution >= 4 is 11.2 Å². The number of pyridine rings is 1. The Morgan fingerprint density at radius 1 is 1.18 bits per heavy atom. The predicted octanol–water partition coefficient (Wildman–Crippen LogP) is 4.09. The van der Waals surface area contributed by atoms with Gasteiger partial charge in [0.05, 0.1) is 11.1 Å². The second-order valence-corrected chi connectivity index (χ2v) is 4.91. The Balaban J connectivity index is 2.02. The van der Waals surface area contributed by atoms with Gasteiger partial charge >= 0.3 is 6.18 Å². The minimum absolute atomic E-state index is 0.0402. The molecular formula is C14H6F5N3. The molecule has 2 aromatic heterocycles. The molecule has 3 heterocycles. The molecule has 1 aliphatic rings. The molecule has 3 nitrogen and oxygen atoms in total. The van der Waals surface area contributed by atoms with Crippen molar-refractivity contribution in [3.8, 4) is 11.4 Å². The minimum Gasteiger partial charge on any atom is -0.273 e. The summed E-state index contributed by atoms with van der Waals surface area (Å²) in [6.45, 7) is 0. The zero-order valence-corrected chi connectivity index (χ0v) is 10.7. The third-order valence-corrected chi connectivity index (χ3v) is 3.61. The van der Waals surface area contributed by atoms with Crippen molar-refractivity contribution in [2.75, 3.05) is 0 Å². The van der Waals surface area contributed by atoms with E-state index in [0.717, 1.165) is 16.7 Å². The molecule has 1 aliphatic heterocycles. The van der Waals surface area contributed by atoms with Crippen molar-refractivity contribution in [2.45, 2.75) is 12.5 Å². The van der Waals surface area contributed by atoms with Crippen LogP contribution in [0.3, 0.4) is 0 Å². The summed E-state index contributed by atoms with van der Waals surface area (Å²) in [6, 6.07) is 4.70. The van der Waals surface area contributed by atoms with Gasteiger partial charge in [0.25, 0.3) is 0 Å². The van der Waals surface area contributed by atoms with Crippen LogP contribution in [0.25, 0.3) is 22.6 Å². The molecule has 0 fully saturated rings. The van der Waals surface area contributed by atoms with Crippen LogP contribution in [0.5, 0.6) is 0 Å². The van der Waals surface area contributed by atoms with E-state index in [1.807, 2.05) is 0 Å². The van der Waals surface area contributed by atoms with Gasteiger partial charge in [-0.3, -0.25) is 4.57 Å². The van der Waals surface area contributed by atoms with E-state index < -0.39 is 23.9 Å². The van der Waals surface area contributed by atoms with Crippen LogP contribution in [0, 0.1) is 5.82 Å². The standard InChI is InChI=1S/C14H6F5N3/c15-8-3-1-2-7-10(8)13-21-9-4-6(14(17,18)19)5-20-12(9)22(13)11(7)16/h1-5,11H. The summed E-state index contributed by atoms with van der Waals surface area (Å²) >= 11 is 0. The van der Waals surface area contributed by atoms with E-state index in [2.05, 4.69) is 9.97 Å². The van der Waals surface area contributed by atoms with E-state index in [-0.39, 0.29) is 28.1 Å². The number of fused-ring (bicyclic) bond motifs is 5. The number of aromatic nitrogens is 3. The average molecular weight is 311 g/mol. The van der Waals surface area contributed by atoms with Crippen LogP contribution >= 0.6 is 0 Å². The molecule has 112 valence electrons. The second kappa shape index (κ2) is 4.02. The topological polar surface area (TPSA) is 30.7 Å². The first kappa shape index (κ1) is 13.2. The van der Waals surface area contributed by atoms with Crippen LogP contribution in [0.4, 0.5) is 22.0 Å². The molecule has 0 spiro atoms. The van der Waals surface area contributed by atoms with E-state index >= 15 is 0 Å². The number of nitrogens with zero attached hydrogens (tertiary/aromatic N) is 3. The Morgan fingerprint density at radius 3 is 2.68 bits per heavy atom.